The number of ether oxygens (including phenoxy) is 5. The topological polar surface area (TPSA) is 262 Å². The first-order chi connectivity index (χ1) is 24.0. The van der Waals surface area contributed by atoms with Gasteiger partial charge >= 0.3 is 5.97 Å². The van der Waals surface area contributed by atoms with Crippen LogP contribution in [-0.2, 0) is 33.3 Å². The molecule has 0 aromatic heterocycles. The third-order valence-electron chi connectivity index (χ3n) is 14.0. The molecule has 16 nitrogen and oxygen atoms in total. The summed E-state index contributed by atoms with van der Waals surface area (Å²) >= 11 is 0. The van der Waals surface area contributed by atoms with Gasteiger partial charge < -0.3 is 74.4 Å². The van der Waals surface area contributed by atoms with Gasteiger partial charge in [-0.1, -0.05) is 6.92 Å². The van der Waals surface area contributed by atoms with E-state index in [1.54, 1.807) is 0 Å². The van der Waals surface area contributed by atoms with Crippen molar-refractivity contribution < 1.29 is 79.2 Å². The van der Waals surface area contributed by atoms with E-state index >= 15 is 0 Å². The van der Waals surface area contributed by atoms with E-state index in [9.17, 15) is 55.5 Å². The predicted molar refractivity (Wildman–Crippen MR) is 169 cm³/mol. The minimum Gasteiger partial charge on any atom is -0.458 e. The molecule has 0 bridgehead atoms. The largest absolute Gasteiger partial charge is 0.458 e. The highest BCUT2D eigenvalue weighted by atomic mass is 16.7. The molecule has 0 spiro atoms. The van der Waals surface area contributed by atoms with Gasteiger partial charge in [0.25, 0.3) is 0 Å². The molecule has 0 amide bonds. The van der Waals surface area contributed by atoms with Gasteiger partial charge in [0.05, 0.1) is 41.5 Å². The van der Waals surface area contributed by atoms with Crippen LogP contribution in [0, 0.1) is 28.6 Å². The Morgan fingerprint density at radius 3 is 2.25 bits per heavy atom. The maximum Gasteiger partial charge on any atom is 0.331 e. The van der Waals surface area contributed by atoms with Crippen molar-refractivity contribution in [2.45, 2.75) is 150 Å². The van der Waals surface area contributed by atoms with Crippen LogP contribution in [0.2, 0.25) is 0 Å². The van der Waals surface area contributed by atoms with Gasteiger partial charge in [-0.3, -0.25) is 0 Å². The highest BCUT2D eigenvalue weighted by Crippen LogP contribution is 2.70. The van der Waals surface area contributed by atoms with Gasteiger partial charge in [0, 0.05) is 23.8 Å². The number of carbonyl (C=O) groups is 2. The Kier molecular flexibility index (Phi) is 9.81. The van der Waals surface area contributed by atoms with E-state index in [4.69, 9.17) is 23.7 Å². The number of fused-ring (bicyclic) bond motifs is 5. The van der Waals surface area contributed by atoms with E-state index in [1.165, 1.54) is 13.0 Å². The molecule has 288 valence electrons. The lowest BCUT2D eigenvalue weighted by molar-refractivity contribution is -0.361. The van der Waals surface area contributed by atoms with Gasteiger partial charge in [-0.2, -0.15) is 0 Å². The van der Waals surface area contributed by atoms with Crippen LogP contribution < -0.4 is 0 Å². The Labute approximate surface area is 294 Å². The molecule has 6 fully saturated rings. The average Bonchev–Trinajstić information content (AvgIpc) is 3.63. The lowest BCUT2D eigenvalue weighted by Gasteiger charge is -2.66. The van der Waals surface area contributed by atoms with Crippen molar-refractivity contribution in [2.24, 2.45) is 28.6 Å². The first-order valence-corrected chi connectivity index (χ1v) is 18.1. The smallest absolute Gasteiger partial charge is 0.331 e. The summed E-state index contributed by atoms with van der Waals surface area (Å²) in [5.41, 5.74) is -4.23. The molecule has 9 N–H and O–H groups in total. The summed E-state index contributed by atoms with van der Waals surface area (Å²) < 4.78 is 28.3. The Morgan fingerprint density at radius 1 is 0.882 bits per heavy atom. The number of cyclic esters (lactones) is 1. The summed E-state index contributed by atoms with van der Waals surface area (Å²) in [6.07, 6.45) is -12.3. The third kappa shape index (κ3) is 5.59. The Balaban J connectivity index is 1.04. The van der Waals surface area contributed by atoms with E-state index in [0.29, 0.717) is 19.3 Å². The normalized spacial score (nSPS) is 55.6. The predicted octanol–water partition coefficient (Wildman–Crippen LogP) is -2.45. The molecule has 16 heteroatoms. The lowest BCUT2D eigenvalue weighted by Crippen LogP contribution is -2.72. The zero-order chi connectivity index (χ0) is 36.8. The van der Waals surface area contributed by atoms with E-state index in [1.807, 2.05) is 6.92 Å². The SMILES string of the molecule is C[C@H]1O[C@@H](O[C@H]2CC[C@]3(C=O)[C@H]4[C@H](O)C[C@]5(C)[C@@H](C6=CC(=O)OC6)CC[C@]5(O)[C@@H]4CC[C@]3(O)C2)[C@H](O)[C@H](O)[C@H]1O[C@@H]1O[C@H](CO)[C@@H](O)[C@H](O)[C@H]1O. The number of aliphatic hydroxyl groups is 9. The molecule has 0 aromatic carbocycles. The first kappa shape index (κ1) is 37.7. The second-order valence-electron chi connectivity index (χ2n) is 16.4. The summed E-state index contributed by atoms with van der Waals surface area (Å²) in [5, 5.41) is 98.8. The molecule has 3 heterocycles. The molecule has 2 saturated heterocycles. The molecule has 0 unspecified atom stereocenters. The van der Waals surface area contributed by atoms with Crippen molar-refractivity contribution in [2.75, 3.05) is 13.2 Å². The molecule has 7 rings (SSSR count). The van der Waals surface area contributed by atoms with Crippen LogP contribution in [0.3, 0.4) is 0 Å². The third-order valence-corrected chi connectivity index (χ3v) is 14.0. The maximum absolute atomic E-state index is 13.2. The minimum atomic E-state index is -1.73. The van der Waals surface area contributed by atoms with Crippen molar-refractivity contribution in [3.8, 4) is 0 Å². The van der Waals surface area contributed by atoms with Crippen LogP contribution >= 0.6 is 0 Å². The fraction of sp³-hybridized carbons (Fsp3) is 0.886. The number of carbonyl (C=O) groups excluding carboxylic acids is 2. The van der Waals surface area contributed by atoms with E-state index < -0.39 is 120 Å². The highest BCUT2D eigenvalue weighted by molar-refractivity contribution is 5.85. The summed E-state index contributed by atoms with van der Waals surface area (Å²) in [6.45, 7) is 2.94. The lowest BCUT2D eigenvalue weighted by atomic mass is 9.41. The van der Waals surface area contributed by atoms with Gasteiger partial charge in [-0.25, -0.2) is 4.79 Å². The number of hydrogen-bond donors (Lipinski definition) is 9. The first-order valence-electron chi connectivity index (χ1n) is 18.1. The monoisotopic (exact) mass is 728 g/mol. The summed E-state index contributed by atoms with van der Waals surface area (Å²) in [7, 11) is 0. The van der Waals surface area contributed by atoms with Crippen molar-refractivity contribution in [1.29, 1.82) is 0 Å². The molecule has 4 saturated carbocycles. The van der Waals surface area contributed by atoms with Crippen molar-refractivity contribution in [3.05, 3.63) is 11.6 Å². The molecule has 7 aliphatic rings. The zero-order valence-corrected chi connectivity index (χ0v) is 28.8. The highest BCUT2D eigenvalue weighted by Gasteiger charge is 2.74. The molecule has 0 radical (unpaired) electrons. The molecule has 4 aliphatic carbocycles. The maximum atomic E-state index is 13.2. The number of rotatable bonds is 7. The van der Waals surface area contributed by atoms with Crippen molar-refractivity contribution in [1.82, 2.24) is 0 Å². The van der Waals surface area contributed by atoms with Crippen LogP contribution in [0.1, 0.15) is 65.2 Å². The number of esters is 1. The Morgan fingerprint density at radius 2 is 1.59 bits per heavy atom. The van der Waals surface area contributed by atoms with Crippen LogP contribution in [0.15, 0.2) is 11.6 Å². The second kappa shape index (κ2) is 13.3. The van der Waals surface area contributed by atoms with Crippen molar-refractivity contribution in [3.63, 3.8) is 0 Å². The number of aliphatic hydroxyl groups excluding tert-OH is 7. The summed E-state index contributed by atoms with van der Waals surface area (Å²) in [4.78, 5) is 25.1. The van der Waals surface area contributed by atoms with Crippen LogP contribution in [-0.4, -0.2) is 156 Å². The summed E-state index contributed by atoms with van der Waals surface area (Å²) in [6, 6.07) is 0. The molecule has 0 aromatic rings. The molecule has 19 atom stereocenters. The molecule has 51 heavy (non-hydrogen) atoms. The molecular weight excluding hydrogens is 676 g/mol. The van der Waals surface area contributed by atoms with Gasteiger partial charge in [0.2, 0.25) is 0 Å². The van der Waals surface area contributed by atoms with Crippen LogP contribution in [0.25, 0.3) is 0 Å². The molecule has 3 aliphatic heterocycles. The van der Waals surface area contributed by atoms with Gasteiger partial charge in [0.15, 0.2) is 12.6 Å². The van der Waals surface area contributed by atoms with E-state index in [0.717, 1.165) is 11.9 Å². The Bertz CT molecular complexity index is 1380. The fourth-order valence-electron chi connectivity index (χ4n) is 11.3. The Hall–Kier alpha value is -1.64. The average molecular weight is 729 g/mol. The van der Waals surface area contributed by atoms with Gasteiger partial charge in [-0.15, -0.1) is 0 Å². The molecular formula is C35H52O16. The number of hydrogen-bond acceptors (Lipinski definition) is 16. The standard InChI is InChI=1S/C35H52O16/c1-15-29(51-31-27(43)25(41)24(40)21(12-36)50-31)26(42)28(44)30(48-15)49-17-3-6-33(14-37)23-19(4-7-34(33,45)10-17)35(46)8-5-18(16-9-22(39)47-13-16)32(35,2)11-20(23)38/h9,14-15,17-21,23-31,36,38,40-46H,3-8,10-13H2,1-2H3/t15-,17+,18-,19-,20-,21-,23-,24-,25+,26+,27-,28-,29+,30+,31+,32-,33+,34+,35+/m1/s1. The van der Waals surface area contributed by atoms with Crippen molar-refractivity contribution >= 4 is 12.3 Å². The van der Waals surface area contributed by atoms with E-state index in [2.05, 4.69) is 0 Å². The second-order valence-corrected chi connectivity index (χ2v) is 16.4. The zero-order valence-electron chi connectivity index (χ0n) is 28.8. The summed E-state index contributed by atoms with van der Waals surface area (Å²) in [5.74, 6) is -1.82. The van der Waals surface area contributed by atoms with Crippen LogP contribution in [0.5, 0.6) is 0 Å². The van der Waals surface area contributed by atoms with Gasteiger partial charge in [0.1, 0.15) is 55.6 Å². The fourth-order valence-corrected chi connectivity index (χ4v) is 11.3. The van der Waals surface area contributed by atoms with Crippen LogP contribution in [0.4, 0.5) is 0 Å². The number of aldehydes is 1. The van der Waals surface area contributed by atoms with Gasteiger partial charge in [-0.05, 0) is 69.3 Å². The minimum absolute atomic E-state index is 0.0335. The quantitative estimate of drug-likeness (QED) is 0.0748. The van der Waals surface area contributed by atoms with E-state index in [-0.39, 0.29) is 44.6 Å².